The average Bonchev–Trinajstić information content (AvgIpc) is 2.29. The number of hydrogen-bond acceptors (Lipinski definition) is 1. The Bertz CT molecular complexity index is 356. The molecule has 0 bridgehead atoms. The van der Waals surface area contributed by atoms with Crippen LogP contribution in [0.1, 0.15) is 49.3 Å². The van der Waals surface area contributed by atoms with Crippen molar-refractivity contribution in [2.45, 2.75) is 45.1 Å². The summed E-state index contributed by atoms with van der Waals surface area (Å²) in [6.07, 6.45) is 5.91. The molecule has 1 N–H and O–H groups in total. The monoisotopic (exact) mass is 282 g/mol. The van der Waals surface area contributed by atoms with Crippen LogP contribution < -0.4 is 0 Å². The van der Waals surface area contributed by atoms with Gasteiger partial charge in [0.05, 0.1) is 6.10 Å². The maximum atomic E-state index is 10.4. The molecule has 88 valence electrons. The molecule has 0 radical (unpaired) electrons. The highest BCUT2D eigenvalue weighted by atomic mass is 79.9. The van der Waals surface area contributed by atoms with Crippen molar-refractivity contribution in [2.24, 2.45) is 5.92 Å². The second-order valence-corrected chi connectivity index (χ2v) is 5.72. The highest BCUT2D eigenvalue weighted by molar-refractivity contribution is 9.10. The fraction of sp³-hybridized carbons (Fsp3) is 0.571. The van der Waals surface area contributed by atoms with Gasteiger partial charge in [-0.25, -0.2) is 0 Å². The molecule has 0 amide bonds. The summed E-state index contributed by atoms with van der Waals surface area (Å²) in [6, 6.07) is 6.21. The van der Waals surface area contributed by atoms with Crippen molar-refractivity contribution in [1.29, 1.82) is 0 Å². The molecule has 0 spiro atoms. The summed E-state index contributed by atoms with van der Waals surface area (Å²) in [5.41, 5.74) is 2.28. The molecule has 1 aromatic carbocycles. The van der Waals surface area contributed by atoms with Crippen molar-refractivity contribution in [3.05, 3.63) is 33.8 Å². The first-order valence-electron chi connectivity index (χ1n) is 6.12. The number of aryl methyl sites for hydroxylation is 1. The summed E-state index contributed by atoms with van der Waals surface area (Å²) in [7, 11) is 0. The third-order valence-electron chi connectivity index (χ3n) is 3.57. The van der Waals surface area contributed by atoms with Crippen molar-refractivity contribution < 1.29 is 5.11 Å². The van der Waals surface area contributed by atoms with E-state index in [4.69, 9.17) is 0 Å². The van der Waals surface area contributed by atoms with Crippen LogP contribution in [0.2, 0.25) is 0 Å². The lowest BCUT2D eigenvalue weighted by molar-refractivity contribution is 0.0842. The average molecular weight is 283 g/mol. The van der Waals surface area contributed by atoms with Gasteiger partial charge in [0.2, 0.25) is 0 Å². The van der Waals surface area contributed by atoms with E-state index in [2.05, 4.69) is 41.1 Å². The predicted molar refractivity (Wildman–Crippen MR) is 70.4 cm³/mol. The lowest BCUT2D eigenvalue weighted by atomic mass is 9.82. The zero-order valence-electron chi connectivity index (χ0n) is 9.75. The van der Waals surface area contributed by atoms with Crippen molar-refractivity contribution in [3.8, 4) is 0 Å². The molecule has 1 aromatic rings. The largest absolute Gasteiger partial charge is 0.388 e. The second kappa shape index (κ2) is 5.33. The van der Waals surface area contributed by atoms with Crippen LogP contribution in [-0.2, 0) is 0 Å². The minimum absolute atomic E-state index is 0.296. The van der Waals surface area contributed by atoms with Crippen LogP contribution in [0.3, 0.4) is 0 Å². The summed E-state index contributed by atoms with van der Waals surface area (Å²) in [5, 5.41) is 10.4. The van der Waals surface area contributed by atoms with E-state index in [9.17, 15) is 5.11 Å². The molecular formula is C14H19BrO. The number of aliphatic hydroxyl groups excluding tert-OH is 1. The van der Waals surface area contributed by atoms with Gasteiger partial charge in [0.1, 0.15) is 0 Å². The first-order chi connectivity index (χ1) is 7.68. The highest BCUT2D eigenvalue weighted by Gasteiger charge is 2.24. The zero-order valence-corrected chi connectivity index (χ0v) is 11.3. The molecule has 1 aliphatic rings. The molecule has 0 heterocycles. The van der Waals surface area contributed by atoms with Crippen molar-refractivity contribution in [3.63, 3.8) is 0 Å². The Morgan fingerprint density at radius 1 is 1.25 bits per heavy atom. The van der Waals surface area contributed by atoms with E-state index in [0.29, 0.717) is 5.92 Å². The van der Waals surface area contributed by atoms with E-state index in [1.54, 1.807) is 0 Å². The fourth-order valence-corrected chi connectivity index (χ4v) is 3.30. The standard InChI is InChI=1S/C14H19BrO/c1-10-7-8-12(13(15)9-10)14(16)11-5-3-2-4-6-11/h7-9,11,14,16H,2-6H2,1H3. The molecular weight excluding hydrogens is 264 g/mol. The minimum atomic E-state index is -0.296. The lowest BCUT2D eigenvalue weighted by Crippen LogP contribution is -2.16. The van der Waals surface area contributed by atoms with Gasteiger partial charge < -0.3 is 5.11 Å². The smallest absolute Gasteiger partial charge is 0.0829 e. The Labute approximate surface area is 106 Å². The van der Waals surface area contributed by atoms with E-state index in [1.807, 2.05) is 0 Å². The van der Waals surface area contributed by atoms with Crippen LogP contribution in [0.5, 0.6) is 0 Å². The summed E-state index contributed by atoms with van der Waals surface area (Å²) >= 11 is 3.55. The molecule has 2 rings (SSSR count). The summed E-state index contributed by atoms with van der Waals surface area (Å²) in [5.74, 6) is 0.452. The molecule has 0 aromatic heterocycles. The van der Waals surface area contributed by atoms with Gasteiger partial charge in [-0.3, -0.25) is 0 Å². The molecule has 1 saturated carbocycles. The molecule has 1 nitrogen and oxygen atoms in total. The van der Waals surface area contributed by atoms with Crippen LogP contribution in [0.15, 0.2) is 22.7 Å². The molecule has 0 aliphatic heterocycles. The minimum Gasteiger partial charge on any atom is -0.388 e. The van der Waals surface area contributed by atoms with E-state index in [-0.39, 0.29) is 6.10 Å². The topological polar surface area (TPSA) is 20.2 Å². The van der Waals surface area contributed by atoms with Crippen molar-refractivity contribution >= 4 is 15.9 Å². The van der Waals surface area contributed by atoms with Crippen molar-refractivity contribution in [2.75, 3.05) is 0 Å². The van der Waals surface area contributed by atoms with Crippen molar-refractivity contribution in [1.82, 2.24) is 0 Å². The third-order valence-corrected chi connectivity index (χ3v) is 4.26. The molecule has 16 heavy (non-hydrogen) atoms. The van der Waals surface area contributed by atoms with Gasteiger partial charge in [0.15, 0.2) is 0 Å². The van der Waals surface area contributed by atoms with Crippen LogP contribution in [-0.4, -0.2) is 5.11 Å². The summed E-state index contributed by atoms with van der Waals surface area (Å²) in [6.45, 7) is 2.07. The number of hydrogen-bond donors (Lipinski definition) is 1. The maximum Gasteiger partial charge on any atom is 0.0829 e. The molecule has 1 unspecified atom stereocenters. The normalized spacial score (nSPS) is 19.7. The number of halogens is 1. The summed E-state index contributed by atoms with van der Waals surface area (Å²) in [4.78, 5) is 0. The van der Waals surface area contributed by atoms with E-state index in [1.165, 1.54) is 37.7 Å². The first-order valence-corrected chi connectivity index (χ1v) is 6.92. The molecule has 1 fully saturated rings. The zero-order chi connectivity index (χ0) is 11.5. The van der Waals surface area contributed by atoms with E-state index in [0.717, 1.165) is 10.0 Å². The molecule has 0 saturated heterocycles. The van der Waals surface area contributed by atoms with Crippen LogP contribution >= 0.6 is 15.9 Å². The second-order valence-electron chi connectivity index (χ2n) is 4.87. The highest BCUT2D eigenvalue weighted by Crippen LogP contribution is 2.37. The Kier molecular flexibility index (Phi) is 4.04. The van der Waals surface area contributed by atoms with Gasteiger partial charge >= 0.3 is 0 Å². The Morgan fingerprint density at radius 2 is 1.94 bits per heavy atom. The summed E-state index contributed by atoms with van der Waals surface area (Å²) < 4.78 is 1.05. The van der Waals surface area contributed by atoms with E-state index >= 15 is 0 Å². The lowest BCUT2D eigenvalue weighted by Gasteiger charge is -2.27. The SMILES string of the molecule is Cc1ccc(C(O)C2CCCCC2)c(Br)c1. The Balaban J connectivity index is 2.15. The van der Waals surface area contributed by atoms with Gasteiger partial charge in [0, 0.05) is 4.47 Å². The quantitative estimate of drug-likeness (QED) is 0.854. The van der Waals surface area contributed by atoms with Gasteiger partial charge in [-0.2, -0.15) is 0 Å². The fourth-order valence-electron chi connectivity index (χ4n) is 2.58. The van der Waals surface area contributed by atoms with Crippen LogP contribution in [0.4, 0.5) is 0 Å². The predicted octanol–water partition coefficient (Wildman–Crippen LogP) is 4.37. The van der Waals surface area contributed by atoms with Crippen LogP contribution in [0, 0.1) is 12.8 Å². The first kappa shape index (κ1) is 12.1. The van der Waals surface area contributed by atoms with Gasteiger partial charge in [0.25, 0.3) is 0 Å². The van der Waals surface area contributed by atoms with E-state index < -0.39 is 0 Å². The van der Waals surface area contributed by atoms with Gasteiger partial charge in [-0.05, 0) is 42.9 Å². The molecule has 1 atom stereocenters. The van der Waals surface area contributed by atoms with Gasteiger partial charge in [-0.1, -0.05) is 47.3 Å². The molecule has 2 heteroatoms. The number of rotatable bonds is 2. The number of aliphatic hydroxyl groups is 1. The van der Waals surface area contributed by atoms with Crippen LogP contribution in [0.25, 0.3) is 0 Å². The Hall–Kier alpha value is -0.340. The van der Waals surface area contributed by atoms with Gasteiger partial charge in [-0.15, -0.1) is 0 Å². The third kappa shape index (κ3) is 2.67. The number of benzene rings is 1. The Morgan fingerprint density at radius 3 is 2.56 bits per heavy atom. The molecule has 1 aliphatic carbocycles. The maximum absolute atomic E-state index is 10.4.